The highest BCUT2D eigenvalue weighted by atomic mass is 16.5. The molecule has 3 atom stereocenters. The van der Waals surface area contributed by atoms with Crippen molar-refractivity contribution in [2.45, 2.75) is 57.7 Å². The summed E-state index contributed by atoms with van der Waals surface area (Å²) in [5.74, 6) is -0.126. The third-order valence-corrected chi connectivity index (χ3v) is 3.44. The maximum absolute atomic E-state index is 11.3. The number of rotatable bonds is 8. The molecular weight excluding hydrogens is 228 g/mol. The van der Waals surface area contributed by atoms with Crippen molar-refractivity contribution in [3.8, 4) is 0 Å². The zero-order valence-electron chi connectivity index (χ0n) is 11.6. The van der Waals surface area contributed by atoms with Crippen molar-refractivity contribution in [3.63, 3.8) is 0 Å². The van der Waals surface area contributed by atoms with Crippen LogP contribution >= 0.6 is 0 Å². The third-order valence-electron chi connectivity index (χ3n) is 3.44. The normalized spacial score (nSPS) is 24.8. The molecule has 104 valence electrons. The molecule has 0 saturated carbocycles. The van der Waals surface area contributed by atoms with Crippen molar-refractivity contribution >= 4 is 5.91 Å². The van der Waals surface area contributed by atoms with Crippen LogP contribution in [0.15, 0.2) is 12.7 Å². The zero-order valence-corrected chi connectivity index (χ0v) is 11.6. The minimum atomic E-state index is -0.126. The monoisotopic (exact) mass is 254 g/mol. The van der Waals surface area contributed by atoms with Gasteiger partial charge in [0.2, 0.25) is 5.91 Å². The summed E-state index contributed by atoms with van der Waals surface area (Å²) in [5, 5.41) is 6.53. The van der Waals surface area contributed by atoms with E-state index < -0.39 is 0 Å². The number of ether oxygens (including phenoxy) is 1. The van der Waals surface area contributed by atoms with Crippen molar-refractivity contribution in [1.29, 1.82) is 0 Å². The molecule has 0 spiro atoms. The molecule has 18 heavy (non-hydrogen) atoms. The molecule has 0 aromatic heterocycles. The van der Waals surface area contributed by atoms with E-state index in [4.69, 9.17) is 4.74 Å². The number of amides is 1. The third kappa shape index (κ3) is 4.78. The van der Waals surface area contributed by atoms with E-state index >= 15 is 0 Å². The van der Waals surface area contributed by atoms with Gasteiger partial charge in [0, 0.05) is 6.04 Å². The second-order valence-corrected chi connectivity index (χ2v) is 4.88. The molecule has 1 rings (SSSR count). The van der Waals surface area contributed by atoms with Crippen molar-refractivity contribution in [1.82, 2.24) is 10.6 Å². The van der Waals surface area contributed by atoms with Gasteiger partial charge in [0.05, 0.1) is 25.3 Å². The second kappa shape index (κ2) is 8.27. The lowest BCUT2D eigenvalue weighted by molar-refractivity contribution is -0.117. The van der Waals surface area contributed by atoms with Gasteiger partial charge < -0.3 is 15.4 Å². The summed E-state index contributed by atoms with van der Waals surface area (Å²) >= 11 is 0. The van der Waals surface area contributed by atoms with Crippen LogP contribution in [0.5, 0.6) is 0 Å². The molecule has 1 heterocycles. The predicted molar refractivity (Wildman–Crippen MR) is 73.5 cm³/mol. The van der Waals surface area contributed by atoms with Gasteiger partial charge in [-0.3, -0.25) is 4.79 Å². The van der Waals surface area contributed by atoms with Crippen LogP contribution in [-0.2, 0) is 9.53 Å². The highest BCUT2D eigenvalue weighted by Gasteiger charge is 2.30. The first-order valence-corrected chi connectivity index (χ1v) is 6.97. The molecule has 0 radical (unpaired) electrons. The number of hydrogen-bond acceptors (Lipinski definition) is 3. The first-order chi connectivity index (χ1) is 8.71. The Bertz CT molecular complexity index is 269. The van der Waals surface area contributed by atoms with Gasteiger partial charge in [-0.1, -0.05) is 33.3 Å². The fourth-order valence-corrected chi connectivity index (χ4v) is 2.26. The lowest BCUT2D eigenvalue weighted by atomic mass is 10.0. The minimum Gasteiger partial charge on any atom is -0.378 e. The van der Waals surface area contributed by atoms with Crippen LogP contribution in [0, 0.1) is 0 Å². The summed E-state index contributed by atoms with van der Waals surface area (Å²) < 4.78 is 5.45. The summed E-state index contributed by atoms with van der Waals surface area (Å²) in [7, 11) is 0. The largest absolute Gasteiger partial charge is 0.378 e. The van der Waals surface area contributed by atoms with Gasteiger partial charge in [0.25, 0.3) is 0 Å². The van der Waals surface area contributed by atoms with Gasteiger partial charge in [-0.2, -0.15) is 0 Å². The summed E-state index contributed by atoms with van der Waals surface area (Å²) in [4.78, 5) is 11.3. The number of carbonyl (C=O) groups excluding carboxylic acids is 1. The Hall–Kier alpha value is -0.870. The summed E-state index contributed by atoms with van der Waals surface area (Å²) in [5.41, 5.74) is 0. The van der Waals surface area contributed by atoms with E-state index in [1.165, 1.54) is 25.3 Å². The van der Waals surface area contributed by atoms with E-state index in [-0.39, 0.29) is 18.0 Å². The Morgan fingerprint density at radius 1 is 1.44 bits per heavy atom. The first-order valence-electron chi connectivity index (χ1n) is 6.97. The van der Waals surface area contributed by atoms with Gasteiger partial charge >= 0.3 is 0 Å². The molecule has 4 nitrogen and oxygen atoms in total. The van der Waals surface area contributed by atoms with Gasteiger partial charge in [-0.15, -0.1) is 0 Å². The molecule has 0 aromatic carbocycles. The highest BCUT2D eigenvalue weighted by molar-refractivity contribution is 5.87. The van der Waals surface area contributed by atoms with Crippen molar-refractivity contribution in [3.05, 3.63) is 12.7 Å². The smallest absolute Gasteiger partial charge is 0.243 e. The average Bonchev–Trinajstić information content (AvgIpc) is 2.81. The quantitative estimate of drug-likeness (QED) is 0.647. The molecule has 0 bridgehead atoms. The van der Waals surface area contributed by atoms with Gasteiger partial charge in [-0.05, 0) is 18.9 Å². The highest BCUT2D eigenvalue weighted by Crippen LogP contribution is 2.11. The summed E-state index contributed by atoms with van der Waals surface area (Å²) in [6.07, 6.45) is 6.06. The van der Waals surface area contributed by atoms with E-state index in [0.29, 0.717) is 19.3 Å². The van der Waals surface area contributed by atoms with Gasteiger partial charge in [0.1, 0.15) is 0 Å². The summed E-state index contributed by atoms with van der Waals surface area (Å²) in [6, 6.07) is 0.793. The maximum Gasteiger partial charge on any atom is 0.243 e. The fourth-order valence-electron chi connectivity index (χ4n) is 2.26. The van der Waals surface area contributed by atoms with Crippen LogP contribution < -0.4 is 10.6 Å². The number of hydrogen-bond donors (Lipinski definition) is 2. The molecular formula is C14H26N2O2. The van der Waals surface area contributed by atoms with Crippen LogP contribution in [0.1, 0.15) is 39.5 Å². The Kier molecular flexibility index (Phi) is 6.98. The van der Waals surface area contributed by atoms with E-state index in [1.54, 1.807) is 0 Å². The molecule has 1 saturated heterocycles. The van der Waals surface area contributed by atoms with Crippen molar-refractivity contribution in [2.24, 2.45) is 0 Å². The van der Waals surface area contributed by atoms with E-state index in [1.807, 2.05) is 0 Å². The Labute approximate surface area is 110 Å². The number of carbonyl (C=O) groups is 1. The topological polar surface area (TPSA) is 50.4 Å². The molecule has 1 fully saturated rings. The van der Waals surface area contributed by atoms with Crippen LogP contribution in [0.3, 0.4) is 0 Å². The van der Waals surface area contributed by atoms with Crippen LogP contribution in [0.4, 0.5) is 0 Å². The lowest BCUT2D eigenvalue weighted by Crippen LogP contribution is -2.51. The predicted octanol–water partition coefficient (Wildman–Crippen LogP) is 1.61. The SMILES string of the molecule is C=CC(=O)N[C@H]1COC[C@H]1NC(CC)CCCC. The zero-order chi connectivity index (χ0) is 13.4. The van der Waals surface area contributed by atoms with Crippen molar-refractivity contribution < 1.29 is 9.53 Å². The van der Waals surface area contributed by atoms with Crippen LogP contribution in [0.2, 0.25) is 0 Å². The van der Waals surface area contributed by atoms with Crippen molar-refractivity contribution in [2.75, 3.05) is 13.2 Å². The molecule has 2 N–H and O–H groups in total. The number of nitrogens with one attached hydrogen (secondary N) is 2. The lowest BCUT2D eigenvalue weighted by Gasteiger charge is -2.25. The second-order valence-electron chi connectivity index (χ2n) is 4.88. The molecule has 1 amide bonds. The standard InChI is InChI=1S/C14H26N2O2/c1-4-7-8-11(5-2)15-12-9-18-10-13(12)16-14(17)6-3/h6,11-13,15H,3-5,7-10H2,1-2H3,(H,16,17)/t11?,12-,13+/m1/s1. The molecule has 1 aliphatic heterocycles. The van der Waals surface area contributed by atoms with E-state index in [9.17, 15) is 4.79 Å². The summed E-state index contributed by atoms with van der Waals surface area (Å²) in [6.45, 7) is 9.13. The van der Waals surface area contributed by atoms with E-state index in [2.05, 4.69) is 31.1 Å². The Morgan fingerprint density at radius 2 is 2.17 bits per heavy atom. The maximum atomic E-state index is 11.3. The van der Waals surface area contributed by atoms with Crippen LogP contribution in [-0.4, -0.2) is 37.2 Å². The van der Waals surface area contributed by atoms with E-state index in [0.717, 1.165) is 6.42 Å². The van der Waals surface area contributed by atoms with Gasteiger partial charge in [0.15, 0.2) is 0 Å². The number of unbranched alkanes of at least 4 members (excludes halogenated alkanes) is 1. The first kappa shape index (κ1) is 15.2. The molecule has 0 aliphatic carbocycles. The van der Waals surface area contributed by atoms with Crippen LogP contribution in [0.25, 0.3) is 0 Å². The Balaban J connectivity index is 2.42. The molecule has 1 aliphatic rings. The average molecular weight is 254 g/mol. The Morgan fingerprint density at radius 3 is 2.78 bits per heavy atom. The fraction of sp³-hybridized carbons (Fsp3) is 0.786. The molecule has 4 heteroatoms. The minimum absolute atomic E-state index is 0.0613. The molecule has 1 unspecified atom stereocenters. The van der Waals surface area contributed by atoms with Gasteiger partial charge in [-0.25, -0.2) is 0 Å². The molecule has 0 aromatic rings.